The van der Waals surface area contributed by atoms with Crippen LogP contribution in [0.5, 0.6) is 0 Å². The van der Waals surface area contributed by atoms with Crippen LogP contribution in [0.1, 0.15) is 452 Å². The van der Waals surface area contributed by atoms with Gasteiger partial charge in [-0.15, -0.1) is 0 Å². The van der Waals surface area contributed by atoms with Crippen molar-refractivity contribution in [1.29, 1.82) is 0 Å². The van der Waals surface area contributed by atoms with Crippen molar-refractivity contribution in [3.05, 3.63) is 24.3 Å². The summed E-state index contributed by atoms with van der Waals surface area (Å²) in [7, 11) is -9.94. The van der Waals surface area contributed by atoms with Crippen LogP contribution in [0.2, 0.25) is 0 Å². The van der Waals surface area contributed by atoms with Gasteiger partial charge >= 0.3 is 39.5 Å². The Balaban J connectivity index is 5.27. The summed E-state index contributed by atoms with van der Waals surface area (Å²) in [6.07, 6.45) is 77.3. The van der Waals surface area contributed by atoms with E-state index >= 15 is 0 Å². The van der Waals surface area contributed by atoms with E-state index < -0.39 is 97.5 Å². The Hall–Kier alpha value is -2.46. The van der Waals surface area contributed by atoms with E-state index in [1.54, 1.807) is 0 Å². The average molecular weight is 1560 g/mol. The van der Waals surface area contributed by atoms with Crippen molar-refractivity contribution in [3.8, 4) is 0 Å². The summed E-state index contributed by atoms with van der Waals surface area (Å²) in [5, 5.41) is 10.7. The van der Waals surface area contributed by atoms with Crippen LogP contribution in [-0.4, -0.2) is 96.7 Å². The third-order valence-corrected chi connectivity index (χ3v) is 22.1. The Bertz CT molecular complexity index is 2130. The molecule has 0 saturated heterocycles. The Morgan fingerprint density at radius 2 is 0.505 bits per heavy atom. The number of aliphatic hydroxyl groups is 1. The molecule has 0 aromatic heterocycles. The molecule has 5 atom stereocenters. The van der Waals surface area contributed by atoms with Crippen molar-refractivity contribution >= 4 is 39.5 Å². The van der Waals surface area contributed by atoms with E-state index in [9.17, 15) is 43.2 Å². The molecule has 0 aromatic carbocycles. The molecular formula is C88H168O17P2. The molecule has 0 aliphatic heterocycles. The summed E-state index contributed by atoms with van der Waals surface area (Å²) >= 11 is 0. The van der Waals surface area contributed by atoms with Gasteiger partial charge in [0.25, 0.3) is 0 Å². The average Bonchev–Trinajstić information content (AvgIpc) is 0.904. The van der Waals surface area contributed by atoms with E-state index in [1.165, 1.54) is 263 Å². The molecule has 0 heterocycles. The molecule has 0 amide bonds. The lowest BCUT2D eigenvalue weighted by atomic mass is 10.0. The van der Waals surface area contributed by atoms with Gasteiger partial charge in [0.2, 0.25) is 0 Å². The Labute approximate surface area is 656 Å². The fraction of sp³-hybridized carbons (Fsp3) is 0.909. The first kappa shape index (κ1) is 105. The van der Waals surface area contributed by atoms with Gasteiger partial charge in [0, 0.05) is 25.7 Å². The number of allylic oxidation sites excluding steroid dienone is 4. The molecule has 0 bridgehead atoms. The van der Waals surface area contributed by atoms with Crippen molar-refractivity contribution < 1.29 is 80.2 Å². The van der Waals surface area contributed by atoms with Gasteiger partial charge < -0.3 is 33.8 Å². The molecule has 0 saturated carbocycles. The maximum absolute atomic E-state index is 13.2. The molecule has 0 rings (SSSR count). The molecule has 0 radical (unpaired) electrons. The lowest BCUT2D eigenvalue weighted by Gasteiger charge is -2.21. The summed E-state index contributed by atoms with van der Waals surface area (Å²) in [5.41, 5.74) is 0. The molecule has 0 aliphatic carbocycles. The van der Waals surface area contributed by atoms with Crippen LogP contribution < -0.4 is 0 Å². The molecule has 0 aliphatic rings. The number of phosphoric acid groups is 2. The third kappa shape index (κ3) is 81.4. The van der Waals surface area contributed by atoms with Gasteiger partial charge in [-0.25, -0.2) is 9.13 Å². The van der Waals surface area contributed by atoms with Gasteiger partial charge in [0.05, 0.1) is 26.4 Å². The maximum atomic E-state index is 13.2. The molecule has 632 valence electrons. The van der Waals surface area contributed by atoms with Gasteiger partial charge in [0.1, 0.15) is 19.3 Å². The molecule has 0 spiro atoms. The predicted molar refractivity (Wildman–Crippen MR) is 441 cm³/mol. The third-order valence-electron chi connectivity index (χ3n) is 20.2. The number of unbranched alkanes of at least 4 members (excludes halogenated alkanes) is 55. The fourth-order valence-corrected chi connectivity index (χ4v) is 14.9. The minimum absolute atomic E-state index is 0.0852. The second kappa shape index (κ2) is 80.2. The smallest absolute Gasteiger partial charge is 0.462 e. The predicted octanol–water partition coefficient (Wildman–Crippen LogP) is 26.7. The van der Waals surface area contributed by atoms with E-state index in [0.717, 1.165) is 109 Å². The first-order valence-electron chi connectivity index (χ1n) is 45.0. The molecule has 19 heteroatoms. The van der Waals surface area contributed by atoms with Gasteiger partial charge in [-0.05, 0) is 57.3 Å². The van der Waals surface area contributed by atoms with Crippen molar-refractivity contribution in [2.24, 2.45) is 5.92 Å². The standard InChI is InChI=1S/C88H168O17P2/c1-6-9-12-15-18-21-24-27-30-32-34-35-36-37-39-42-45-48-53-59-64-69-74-88(93)104-83(77-98-85(90)71-66-61-56-51-46-43-41-38-33-31-28-25-22-19-16-13-10-7-2)79-102-106(94,95)100-75-82(89)76-101-107(96,97)103-80-84(78-99-86(91)72-67-62-57-54-49-50-55-60-65-70-81(4)5)105-87(92)73-68-63-58-52-47-44-40-29-26-23-20-17-14-11-8-3/h23,26,29,40,81-84,89H,6-22,24-25,27-28,30-39,41-80H2,1-5H3,(H,94,95)(H,96,97)/b26-23-,40-29-/t82-,83-,84-/m1/s1. The van der Waals surface area contributed by atoms with Crippen LogP contribution in [0.3, 0.4) is 0 Å². The highest BCUT2D eigenvalue weighted by Gasteiger charge is 2.30. The number of esters is 4. The Kier molecular flexibility index (Phi) is 78.3. The van der Waals surface area contributed by atoms with Crippen LogP contribution in [-0.2, 0) is 65.4 Å². The summed E-state index contributed by atoms with van der Waals surface area (Å²) in [6, 6.07) is 0. The highest BCUT2D eigenvalue weighted by Crippen LogP contribution is 2.45. The van der Waals surface area contributed by atoms with Crippen molar-refractivity contribution in [3.63, 3.8) is 0 Å². The van der Waals surface area contributed by atoms with Gasteiger partial charge in [0.15, 0.2) is 12.2 Å². The van der Waals surface area contributed by atoms with Crippen LogP contribution in [0.4, 0.5) is 0 Å². The van der Waals surface area contributed by atoms with Crippen molar-refractivity contribution in [1.82, 2.24) is 0 Å². The SMILES string of the molecule is CCCCCC/C=C\C=C/CCCCCCCC(=O)O[C@H](COC(=O)CCCCCCCCCCCC(C)C)COP(=O)(O)OC[C@H](O)COP(=O)(O)OC[C@@H](COC(=O)CCCCCCCCCCCCCCCCCCCC)OC(=O)CCCCCCCCCCCCCCCCCCCCCCCC. The zero-order valence-corrected chi connectivity index (χ0v) is 71.6. The van der Waals surface area contributed by atoms with Crippen LogP contribution >= 0.6 is 15.6 Å². The number of phosphoric ester groups is 2. The summed E-state index contributed by atoms with van der Waals surface area (Å²) < 4.78 is 68.9. The van der Waals surface area contributed by atoms with E-state index in [-0.39, 0.29) is 25.7 Å². The fourth-order valence-electron chi connectivity index (χ4n) is 13.3. The van der Waals surface area contributed by atoms with Crippen LogP contribution in [0.25, 0.3) is 0 Å². The molecule has 0 aromatic rings. The molecule has 17 nitrogen and oxygen atoms in total. The lowest BCUT2D eigenvalue weighted by molar-refractivity contribution is -0.161. The Morgan fingerprint density at radius 3 is 0.766 bits per heavy atom. The largest absolute Gasteiger partial charge is 0.472 e. The number of carbonyl (C=O) groups excluding carboxylic acids is 4. The molecule has 2 unspecified atom stereocenters. The van der Waals surface area contributed by atoms with Crippen LogP contribution in [0, 0.1) is 5.92 Å². The number of carbonyl (C=O) groups is 4. The van der Waals surface area contributed by atoms with E-state index in [0.29, 0.717) is 25.7 Å². The molecule has 3 N–H and O–H groups in total. The Morgan fingerprint density at radius 1 is 0.290 bits per heavy atom. The number of hydrogen-bond acceptors (Lipinski definition) is 15. The summed E-state index contributed by atoms with van der Waals surface area (Å²) in [4.78, 5) is 73.3. The monoisotopic (exact) mass is 1560 g/mol. The molecule has 0 fully saturated rings. The minimum Gasteiger partial charge on any atom is -0.462 e. The van der Waals surface area contributed by atoms with E-state index in [2.05, 4.69) is 58.9 Å². The summed E-state index contributed by atoms with van der Waals surface area (Å²) in [6.45, 7) is 7.28. The first-order chi connectivity index (χ1) is 52.0. The first-order valence-corrected chi connectivity index (χ1v) is 47.9. The molecular weight excluding hydrogens is 1390 g/mol. The quantitative estimate of drug-likeness (QED) is 0.0169. The van der Waals surface area contributed by atoms with Gasteiger partial charge in [-0.2, -0.15) is 0 Å². The van der Waals surface area contributed by atoms with Gasteiger partial charge in [-0.3, -0.25) is 37.3 Å². The number of hydrogen-bond donors (Lipinski definition) is 3. The second-order valence-electron chi connectivity index (χ2n) is 31.4. The highest BCUT2D eigenvalue weighted by atomic mass is 31.2. The van der Waals surface area contributed by atoms with E-state index in [4.69, 9.17) is 37.0 Å². The number of ether oxygens (including phenoxy) is 4. The maximum Gasteiger partial charge on any atom is 0.472 e. The van der Waals surface area contributed by atoms with Gasteiger partial charge in [-0.1, -0.05) is 399 Å². The van der Waals surface area contributed by atoms with Crippen molar-refractivity contribution in [2.75, 3.05) is 39.6 Å². The number of aliphatic hydroxyl groups excluding tert-OH is 1. The zero-order chi connectivity index (χ0) is 78.3. The minimum atomic E-state index is -4.97. The normalized spacial score (nSPS) is 13.9. The zero-order valence-electron chi connectivity index (χ0n) is 69.8. The van der Waals surface area contributed by atoms with E-state index in [1.807, 2.05) is 0 Å². The highest BCUT2D eigenvalue weighted by molar-refractivity contribution is 7.47. The summed E-state index contributed by atoms with van der Waals surface area (Å²) in [5.74, 6) is -1.39. The molecule has 107 heavy (non-hydrogen) atoms. The second-order valence-corrected chi connectivity index (χ2v) is 34.3. The van der Waals surface area contributed by atoms with Crippen LogP contribution in [0.15, 0.2) is 24.3 Å². The lowest BCUT2D eigenvalue weighted by Crippen LogP contribution is -2.30. The number of rotatable bonds is 86. The topological polar surface area (TPSA) is 237 Å². The van der Waals surface area contributed by atoms with Crippen molar-refractivity contribution in [2.45, 2.75) is 470 Å².